The van der Waals surface area contributed by atoms with Crippen molar-refractivity contribution in [2.75, 3.05) is 63.3 Å². The van der Waals surface area contributed by atoms with Crippen molar-refractivity contribution in [3.05, 3.63) is 73.1 Å². The van der Waals surface area contributed by atoms with Crippen molar-refractivity contribution in [2.45, 2.75) is 242 Å². The zero-order chi connectivity index (χ0) is 82.4. The number of fused-ring (bicyclic) bond motifs is 12. The molecule has 2 saturated heterocycles. The molecular weight excluding hydrogens is 1550 g/mol. The van der Waals surface area contributed by atoms with Crippen LogP contribution < -0.4 is 38.2 Å². The third kappa shape index (κ3) is 17.1. The molecule has 2 unspecified atom stereocenters. The highest BCUT2D eigenvalue weighted by Crippen LogP contribution is 2.60. The number of nitrogens with one attached hydrogen (secondary N) is 2. The molecule has 0 spiro atoms. The number of hydrogen-bond acceptors (Lipinski definition) is 22. The predicted octanol–water partition coefficient (Wildman–Crippen LogP) is 11.5. The van der Waals surface area contributed by atoms with Crippen LogP contribution >= 0.6 is 0 Å². The van der Waals surface area contributed by atoms with Gasteiger partial charge in [-0.1, -0.05) is 64.8 Å². The Morgan fingerprint density at radius 3 is 1.29 bits per heavy atom. The van der Waals surface area contributed by atoms with Crippen LogP contribution in [0.5, 0.6) is 23.3 Å². The zero-order valence-corrected chi connectivity index (χ0v) is 70.6. The molecule has 0 bridgehead atoms. The second kappa shape index (κ2) is 32.9. The number of carbonyl (C=O) groups is 8. The summed E-state index contributed by atoms with van der Waals surface area (Å²) in [5.41, 5.74) is -0.547. The van der Waals surface area contributed by atoms with Crippen LogP contribution in [-0.2, 0) is 67.9 Å². The van der Waals surface area contributed by atoms with Gasteiger partial charge in [0, 0.05) is 73.7 Å². The summed E-state index contributed by atoms with van der Waals surface area (Å²) in [6.07, 6.45) is 24.2. The topological polar surface area (TPSA) is 323 Å². The number of rotatable bonds is 18. The van der Waals surface area contributed by atoms with E-state index in [1.54, 1.807) is 22.2 Å². The van der Waals surface area contributed by atoms with Crippen LogP contribution in [0.4, 0.5) is 11.4 Å². The van der Waals surface area contributed by atoms with E-state index >= 15 is 9.59 Å². The van der Waals surface area contributed by atoms with Gasteiger partial charge in [0.15, 0.2) is 23.1 Å². The molecule has 2 aromatic carbocycles. The molecule has 8 saturated carbocycles. The van der Waals surface area contributed by atoms with Crippen molar-refractivity contribution in [1.29, 1.82) is 0 Å². The lowest BCUT2D eigenvalue weighted by molar-refractivity contribution is -0.156. The number of esters is 2. The number of Topliss-reactive ketones (excluding diaryl/α,β-unsaturated/α-hetero) is 2. The summed E-state index contributed by atoms with van der Waals surface area (Å²) in [5.74, 6) is -0.333. The first-order valence-corrected chi connectivity index (χ1v) is 47.1. The van der Waals surface area contributed by atoms with Crippen molar-refractivity contribution in [1.82, 2.24) is 29.2 Å². The van der Waals surface area contributed by atoms with Gasteiger partial charge in [0.2, 0.25) is 55.4 Å². The second-order valence-corrected chi connectivity index (χ2v) is 41.6. The number of ketones is 2. The number of ether oxygens (including phenoxy) is 6. The first-order chi connectivity index (χ1) is 56.7. The van der Waals surface area contributed by atoms with Crippen molar-refractivity contribution in [2.24, 2.45) is 81.8 Å². The van der Waals surface area contributed by atoms with Crippen molar-refractivity contribution >= 4 is 100 Å². The third-order valence-corrected chi connectivity index (χ3v) is 32.8. The lowest BCUT2D eigenvalue weighted by Gasteiger charge is -2.33. The predicted molar refractivity (Wildman–Crippen MR) is 440 cm³/mol. The average molecular weight is 1660 g/mol. The standard InChI is InChI=1S/2C45H58N4O9S/c2*1-4-27-17-26(2)7-5-6-8-30-23-45(30,44(53)47-59(54,55)33-9-10-33)24-39(50)38-21-32(25-49(38)43(52)36(27)22-40(51)57-31-19-28-18-29(28)20-31)58-42-35-11-12-37-41(34(35)13-14-46-42)56-16-15-48(37)3/h2*6,8,11-14,26-33,36,38H,4-5,7,9-10,15-25H2,1-3H3,(H,47,53)/b2*8-6-/t26-,27+,28-,29+,30+,31?,32+,36-,38-,45+;26-,27-,28-,29+,30-,31?,32-,36+,38+,45-/m01/s1. The summed E-state index contributed by atoms with van der Waals surface area (Å²) >= 11 is 0. The number of allylic oxidation sites excluding steroid dienone is 4. The summed E-state index contributed by atoms with van der Waals surface area (Å²) < 4.78 is 94.3. The SMILES string of the molecule is CC[C@@H]1C[C@@H](C)CC/C=C\[C@@H]2C[C@@]2(C(=O)NS(=O)(=O)C2CC2)CC(=O)[C@@H]2C[C@@H](Oc3nccc4c5c(ccc34)N(C)CCO5)CN2C(=O)[C@H]1CC(=O)OC1C[C@@H]2C[C@@H]2C1.CC[C@@H]1C[C@H](C)CC/C=C\[C@@H]2C[C@@]2(C(=O)NS(=O)(=O)C2CC2)CC(=O)[C@@H]2C[C@@H](Oc3nccc4c5c(ccc34)N(C)CCO5)CN2C(=O)[C@H]1CC(=O)OC1C[C@@H]2C[C@@H]2C1. The summed E-state index contributed by atoms with van der Waals surface area (Å²) in [6.45, 7) is 11.2. The summed E-state index contributed by atoms with van der Waals surface area (Å²) in [7, 11) is -3.67. The zero-order valence-electron chi connectivity index (χ0n) is 69.0. The smallest absolute Gasteiger partial charge is 0.306 e. The number of anilines is 2. The van der Waals surface area contributed by atoms with Crippen molar-refractivity contribution in [3.8, 4) is 23.3 Å². The van der Waals surface area contributed by atoms with Gasteiger partial charge in [0.05, 0.1) is 95.6 Å². The van der Waals surface area contributed by atoms with Gasteiger partial charge >= 0.3 is 11.9 Å². The van der Waals surface area contributed by atoms with Crippen LogP contribution in [0.3, 0.4) is 0 Å². The molecule has 20 atom stereocenters. The highest BCUT2D eigenvalue weighted by Gasteiger charge is 2.64. The molecule has 8 aliphatic carbocycles. The Balaban J connectivity index is 0.000000169. The number of likely N-dealkylation sites (N-methyl/N-ethyl adjacent to an activating group) is 2. The summed E-state index contributed by atoms with van der Waals surface area (Å²) in [6, 6.07) is 9.74. The normalized spacial score (nSPS) is 34.9. The summed E-state index contributed by atoms with van der Waals surface area (Å²) in [4.78, 5) is 132. The number of benzene rings is 2. The van der Waals surface area contributed by atoms with Gasteiger partial charge in [0.1, 0.15) is 37.6 Å². The van der Waals surface area contributed by atoms with E-state index in [4.69, 9.17) is 28.4 Å². The molecule has 4 aromatic rings. The van der Waals surface area contributed by atoms with E-state index in [1.807, 2.05) is 74.8 Å². The second-order valence-electron chi connectivity index (χ2n) is 37.7. The van der Waals surface area contributed by atoms with E-state index in [-0.39, 0.29) is 135 Å². The number of nitrogens with zero attached hydrogens (tertiary/aromatic N) is 6. The molecular formula is C90H116N8O18S2. The van der Waals surface area contributed by atoms with Crippen molar-refractivity contribution in [3.63, 3.8) is 0 Å². The van der Waals surface area contributed by atoms with E-state index in [0.717, 1.165) is 122 Å². The minimum absolute atomic E-state index is 0.0728. The first-order valence-electron chi connectivity index (χ1n) is 44.0. The van der Waals surface area contributed by atoms with Gasteiger partial charge in [-0.05, 0) is 211 Å². The van der Waals surface area contributed by atoms with Crippen LogP contribution in [0.1, 0.15) is 195 Å². The number of carbonyl (C=O) groups excluding carboxylic acids is 8. The van der Waals surface area contributed by atoms with Gasteiger partial charge in [0.25, 0.3) is 0 Å². The first kappa shape index (κ1) is 81.9. The molecule has 28 heteroatoms. The number of amides is 4. The lowest BCUT2D eigenvalue weighted by atomic mass is 9.79. The monoisotopic (exact) mass is 1660 g/mol. The maximum atomic E-state index is 15.2. The highest BCUT2D eigenvalue weighted by molar-refractivity contribution is 7.91. The van der Waals surface area contributed by atoms with Gasteiger partial charge in [-0.3, -0.25) is 47.8 Å². The minimum Gasteiger partial charge on any atom is -0.489 e. The Kier molecular flexibility index (Phi) is 22.8. The Hall–Kier alpha value is -8.40. The molecule has 14 aliphatic rings. The Bertz CT molecular complexity index is 4590. The Morgan fingerprint density at radius 1 is 0.508 bits per heavy atom. The molecule has 26 nitrogen and oxygen atoms in total. The molecule has 8 heterocycles. The fourth-order valence-corrected chi connectivity index (χ4v) is 24.2. The van der Waals surface area contributed by atoms with Crippen LogP contribution in [0.2, 0.25) is 0 Å². The number of hydrogen-bond donors (Lipinski definition) is 2. The van der Waals surface area contributed by atoms with E-state index < -0.39 is 89.3 Å². The molecule has 2 aromatic heterocycles. The maximum absolute atomic E-state index is 15.2. The molecule has 0 radical (unpaired) electrons. The minimum atomic E-state index is -3.85. The van der Waals surface area contributed by atoms with Gasteiger partial charge in [-0.15, -0.1) is 0 Å². The van der Waals surface area contributed by atoms with Crippen LogP contribution in [0.15, 0.2) is 73.1 Å². The molecule has 4 amide bonds. The molecule has 636 valence electrons. The lowest BCUT2D eigenvalue weighted by Crippen LogP contribution is -2.48. The van der Waals surface area contributed by atoms with Crippen LogP contribution in [0, 0.1) is 81.8 Å². The highest BCUT2D eigenvalue weighted by atomic mass is 32.2. The Morgan fingerprint density at radius 2 is 0.907 bits per heavy atom. The Labute approximate surface area is 692 Å². The molecule has 2 N–H and O–H groups in total. The third-order valence-electron chi connectivity index (χ3n) is 29.2. The van der Waals surface area contributed by atoms with E-state index in [9.17, 15) is 45.6 Å². The van der Waals surface area contributed by atoms with Gasteiger partial charge in [-0.2, -0.15) is 0 Å². The largest absolute Gasteiger partial charge is 0.489 e. The molecule has 118 heavy (non-hydrogen) atoms. The summed E-state index contributed by atoms with van der Waals surface area (Å²) in [5, 5.41) is 2.00. The van der Waals surface area contributed by atoms with Crippen LogP contribution in [0.25, 0.3) is 21.5 Å². The van der Waals surface area contributed by atoms with Crippen LogP contribution in [-0.4, -0.2) is 184 Å². The maximum Gasteiger partial charge on any atom is 0.306 e. The van der Waals surface area contributed by atoms with E-state index in [2.05, 4.69) is 56.9 Å². The number of pyridine rings is 2. The molecule has 10 fully saturated rings. The van der Waals surface area contributed by atoms with Crippen molar-refractivity contribution < 1.29 is 83.6 Å². The molecule has 18 rings (SSSR count). The van der Waals surface area contributed by atoms with Gasteiger partial charge in [-0.25, -0.2) is 26.8 Å². The van der Waals surface area contributed by atoms with Gasteiger partial charge < -0.3 is 48.0 Å². The fraction of sp³-hybridized carbons (Fsp3) is 0.667. The van der Waals surface area contributed by atoms with E-state index in [0.29, 0.717) is 100 Å². The number of sulfonamides is 2. The average Bonchev–Trinajstić information content (AvgIpc) is 1.55. The fourth-order valence-electron chi connectivity index (χ4n) is 21.4. The quantitative estimate of drug-likeness (QED) is 0.0690. The molecule has 6 aliphatic heterocycles. The van der Waals surface area contributed by atoms with E-state index in [1.165, 1.54) is 12.8 Å². The number of aromatic nitrogens is 2.